The standard InChI is InChI=1S/C12H15N7/c1-6-7(2)17-10-5-8(3-4-9(10)16-6)18-12(15)19-11(13)14/h3-5H,1-2H3,(H6,13,14,15,18,19). The van der Waals surface area contributed by atoms with Gasteiger partial charge < -0.3 is 17.2 Å². The molecule has 19 heavy (non-hydrogen) atoms. The van der Waals surface area contributed by atoms with Crippen LogP contribution in [0.4, 0.5) is 5.69 Å². The number of aromatic nitrogens is 2. The molecule has 7 nitrogen and oxygen atoms in total. The lowest BCUT2D eigenvalue weighted by molar-refractivity contribution is 1.10. The van der Waals surface area contributed by atoms with Gasteiger partial charge in [-0.3, -0.25) is 0 Å². The van der Waals surface area contributed by atoms with Crippen LogP contribution in [0.5, 0.6) is 0 Å². The number of nitrogens with two attached hydrogens (primary N) is 3. The number of benzene rings is 1. The Morgan fingerprint density at radius 3 is 2.26 bits per heavy atom. The molecule has 7 heteroatoms. The molecule has 0 atom stereocenters. The number of fused-ring (bicyclic) bond motifs is 1. The Morgan fingerprint density at radius 2 is 1.63 bits per heavy atom. The van der Waals surface area contributed by atoms with Gasteiger partial charge in [0.15, 0.2) is 5.96 Å². The summed E-state index contributed by atoms with van der Waals surface area (Å²) in [6, 6.07) is 5.39. The van der Waals surface area contributed by atoms with Crippen LogP contribution in [0.2, 0.25) is 0 Å². The first kappa shape index (κ1) is 12.7. The van der Waals surface area contributed by atoms with Crippen molar-refractivity contribution in [2.24, 2.45) is 27.2 Å². The Hall–Kier alpha value is -2.70. The van der Waals surface area contributed by atoms with E-state index in [1.807, 2.05) is 19.9 Å². The summed E-state index contributed by atoms with van der Waals surface area (Å²) in [6.07, 6.45) is 0. The first-order valence-corrected chi connectivity index (χ1v) is 5.64. The zero-order valence-corrected chi connectivity index (χ0v) is 10.8. The summed E-state index contributed by atoms with van der Waals surface area (Å²) in [6.45, 7) is 3.83. The highest BCUT2D eigenvalue weighted by Crippen LogP contribution is 2.19. The number of guanidine groups is 2. The molecule has 0 saturated carbocycles. The van der Waals surface area contributed by atoms with Crippen LogP contribution in [-0.2, 0) is 0 Å². The molecule has 1 aromatic heterocycles. The fourth-order valence-corrected chi connectivity index (χ4v) is 1.58. The van der Waals surface area contributed by atoms with Gasteiger partial charge in [-0.1, -0.05) is 0 Å². The van der Waals surface area contributed by atoms with E-state index in [2.05, 4.69) is 20.0 Å². The van der Waals surface area contributed by atoms with Crippen LogP contribution in [0.3, 0.4) is 0 Å². The molecule has 0 spiro atoms. The first-order chi connectivity index (χ1) is 8.95. The SMILES string of the molecule is Cc1nc2ccc(N=C(N)N=C(N)N)cc2nc1C. The van der Waals surface area contributed by atoms with Crippen LogP contribution in [0, 0.1) is 13.8 Å². The highest BCUT2D eigenvalue weighted by molar-refractivity contribution is 5.94. The van der Waals surface area contributed by atoms with Gasteiger partial charge in [-0.05, 0) is 32.0 Å². The van der Waals surface area contributed by atoms with Gasteiger partial charge in [0.25, 0.3) is 0 Å². The van der Waals surface area contributed by atoms with E-state index in [9.17, 15) is 0 Å². The van der Waals surface area contributed by atoms with E-state index in [-0.39, 0.29) is 11.9 Å². The van der Waals surface area contributed by atoms with Crippen molar-refractivity contribution in [2.45, 2.75) is 13.8 Å². The molecule has 0 saturated heterocycles. The van der Waals surface area contributed by atoms with Gasteiger partial charge in [0.1, 0.15) is 0 Å². The summed E-state index contributed by atoms with van der Waals surface area (Å²) >= 11 is 0. The Balaban J connectivity index is 2.47. The number of aryl methyl sites for hydroxylation is 2. The normalized spacial score (nSPS) is 11.6. The molecule has 0 radical (unpaired) electrons. The van der Waals surface area contributed by atoms with Crippen molar-refractivity contribution in [2.75, 3.05) is 0 Å². The molecule has 0 bridgehead atoms. The fraction of sp³-hybridized carbons (Fsp3) is 0.167. The molecule has 0 unspecified atom stereocenters. The van der Waals surface area contributed by atoms with Gasteiger partial charge in [0.2, 0.25) is 5.96 Å². The van der Waals surface area contributed by atoms with Crippen LogP contribution in [0.15, 0.2) is 28.2 Å². The lowest BCUT2D eigenvalue weighted by Gasteiger charge is -2.03. The van der Waals surface area contributed by atoms with E-state index < -0.39 is 0 Å². The van der Waals surface area contributed by atoms with E-state index >= 15 is 0 Å². The molecule has 2 rings (SSSR count). The highest BCUT2D eigenvalue weighted by atomic mass is 15.1. The van der Waals surface area contributed by atoms with Crippen molar-refractivity contribution in [3.8, 4) is 0 Å². The molecule has 6 N–H and O–H groups in total. The zero-order valence-electron chi connectivity index (χ0n) is 10.8. The summed E-state index contributed by atoms with van der Waals surface area (Å²) < 4.78 is 0. The third-order valence-corrected chi connectivity index (χ3v) is 2.55. The van der Waals surface area contributed by atoms with Gasteiger partial charge in [0, 0.05) is 0 Å². The maximum absolute atomic E-state index is 5.57. The summed E-state index contributed by atoms with van der Waals surface area (Å²) in [5.74, 6) is -0.135. The average molecular weight is 257 g/mol. The number of hydrogen-bond acceptors (Lipinski definition) is 3. The monoisotopic (exact) mass is 257 g/mol. The maximum Gasteiger partial charge on any atom is 0.223 e. The van der Waals surface area contributed by atoms with Crippen molar-refractivity contribution >= 4 is 28.6 Å². The molecule has 2 aromatic rings. The molecule has 0 fully saturated rings. The fourth-order valence-electron chi connectivity index (χ4n) is 1.58. The van der Waals surface area contributed by atoms with E-state index in [4.69, 9.17) is 17.2 Å². The lowest BCUT2D eigenvalue weighted by atomic mass is 10.2. The predicted molar refractivity (Wildman–Crippen MR) is 76.1 cm³/mol. The molecule has 0 amide bonds. The van der Waals surface area contributed by atoms with Crippen LogP contribution < -0.4 is 17.2 Å². The van der Waals surface area contributed by atoms with Crippen molar-refractivity contribution in [1.29, 1.82) is 0 Å². The van der Waals surface area contributed by atoms with Gasteiger partial charge >= 0.3 is 0 Å². The quantitative estimate of drug-likeness (QED) is 0.505. The smallest absolute Gasteiger partial charge is 0.223 e. The average Bonchev–Trinajstić information content (AvgIpc) is 2.30. The molecular formula is C12H15N7. The number of nitrogens with zero attached hydrogens (tertiary/aromatic N) is 4. The molecule has 1 aromatic carbocycles. The molecule has 0 aliphatic heterocycles. The third kappa shape index (κ3) is 2.95. The second-order valence-corrected chi connectivity index (χ2v) is 4.07. The predicted octanol–water partition coefficient (Wildman–Crippen LogP) is 0.466. The van der Waals surface area contributed by atoms with Crippen LogP contribution in [-0.4, -0.2) is 21.9 Å². The summed E-state index contributed by atoms with van der Waals surface area (Å²) in [5.41, 5.74) is 20.0. The summed E-state index contributed by atoms with van der Waals surface area (Å²) in [4.78, 5) is 16.6. The minimum absolute atomic E-state index is 0.00357. The first-order valence-electron chi connectivity index (χ1n) is 5.64. The molecule has 98 valence electrons. The van der Waals surface area contributed by atoms with E-state index in [0.717, 1.165) is 22.4 Å². The Morgan fingerprint density at radius 1 is 1.00 bits per heavy atom. The summed E-state index contributed by atoms with van der Waals surface area (Å²) in [7, 11) is 0. The van der Waals surface area contributed by atoms with E-state index in [0.29, 0.717) is 5.69 Å². The van der Waals surface area contributed by atoms with Crippen LogP contribution in [0.25, 0.3) is 11.0 Å². The Labute approximate surface area is 110 Å². The van der Waals surface area contributed by atoms with Crippen LogP contribution >= 0.6 is 0 Å². The zero-order chi connectivity index (χ0) is 14.0. The topological polar surface area (TPSA) is 129 Å². The molecule has 1 heterocycles. The van der Waals surface area contributed by atoms with Crippen molar-refractivity contribution in [1.82, 2.24) is 9.97 Å². The number of aliphatic imine (C=N–C) groups is 2. The number of hydrogen-bond donors (Lipinski definition) is 3. The van der Waals surface area contributed by atoms with Gasteiger partial charge in [-0.2, -0.15) is 4.99 Å². The minimum Gasteiger partial charge on any atom is -0.370 e. The second-order valence-electron chi connectivity index (χ2n) is 4.07. The third-order valence-electron chi connectivity index (χ3n) is 2.55. The maximum atomic E-state index is 5.57. The van der Waals surface area contributed by atoms with Crippen molar-refractivity contribution in [3.63, 3.8) is 0 Å². The highest BCUT2D eigenvalue weighted by Gasteiger charge is 2.02. The van der Waals surface area contributed by atoms with Crippen molar-refractivity contribution in [3.05, 3.63) is 29.6 Å². The summed E-state index contributed by atoms with van der Waals surface area (Å²) in [5, 5.41) is 0. The van der Waals surface area contributed by atoms with E-state index in [1.54, 1.807) is 12.1 Å². The lowest BCUT2D eigenvalue weighted by Crippen LogP contribution is -2.26. The van der Waals surface area contributed by atoms with Gasteiger partial charge in [-0.25, -0.2) is 15.0 Å². The Kier molecular flexibility index (Phi) is 3.28. The second kappa shape index (κ2) is 4.89. The van der Waals surface area contributed by atoms with Crippen molar-refractivity contribution < 1.29 is 0 Å². The number of rotatable bonds is 1. The van der Waals surface area contributed by atoms with E-state index in [1.165, 1.54) is 0 Å². The van der Waals surface area contributed by atoms with Crippen LogP contribution in [0.1, 0.15) is 11.4 Å². The molecule has 0 aliphatic carbocycles. The Bertz CT molecular complexity index is 684. The molecule has 0 aliphatic rings. The van der Waals surface area contributed by atoms with Gasteiger partial charge in [0.05, 0.1) is 28.1 Å². The largest absolute Gasteiger partial charge is 0.370 e. The molecular weight excluding hydrogens is 242 g/mol. The van der Waals surface area contributed by atoms with Gasteiger partial charge in [-0.15, -0.1) is 0 Å². The minimum atomic E-state index is -0.131.